The molecule has 11 heteroatoms. The number of aliphatic hydroxyl groups is 1. The minimum Gasteiger partial charge on any atom is -0.516 e. The van der Waals surface area contributed by atoms with Gasteiger partial charge in [0.1, 0.15) is 5.84 Å². The van der Waals surface area contributed by atoms with E-state index in [2.05, 4.69) is 23.5 Å². The van der Waals surface area contributed by atoms with Crippen LogP contribution in [0.25, 0.3) is 0 Å². The molecule has 4 N–H and O–H groups in total. The van der Waals surface area contributed by atoms with Crippen LogP contribution in [-0.2, 0) is 9.53 Å². The van der Waals surface area contributed by atoms with Crippen LogP contribution in [0, 0.1) is 5.41 Å². The summed E-state index contributed by atoms with van der Waals surface area (Å²) in [7, 11) is 5.23. The number of carboxylic acids is 1. The summed E-state index contributed by atoms with van der Waals surface area (Å²) in [6, 6.07) is 0. The summed E-state index contributed by atoms with van der Waals surface area (Å²) >= 11 is 0. The Morgan fingerprint density at radius 2 is 2.12 bits per heavy atom. The lowest BCUT2D eigenvalue weighted by atomic mass is 10.1. The summed E-state index contributed by atoms with van der Waals surface area (Å²) in [5, 5.41) is 27.7. The minimum atomic E-state index is -1.41. The highest BCUT2D eigenvalue weighted by molar-refractivity contribution is 6.07. The van der Waals surface area contributed by atoms with E-state index in [4.69, 9.17) is 25.2 Å². The molecule has 0 radical (unpaired) electrons. The normalized spacial score (nSPS) is 15.8. The Hall–Kier alpha value is -3.47. The molecule has 0 aliphatic carbocycles. The highest BCUT2D eigenvalue weighted by Gasteiger charge is 2.26. The number of ether oxygens (including phenoxy) is 1. The molecule has 1 saturated heterocycles. The van der Waals surface area contributed by atoms with Crippen LogP contribution in [0.4, 0.5) is 9.09 Å². The highest BCUT2D eigenvalue weighted by Crippen LogP contribution is 2.23. The van der Waals surface area contributed by atoms with Gasteiger partial charge in [-0.15, -0.1) is 0 Å². The number of amidine groups is 1. The fraction of sp³-hybridized carbons (Fsp3) is 0.381. The largest absolute Gasteiger partial charge is 0.516 e. The van der Waals surface area contributed by atoms with Crippen LogP contribution in [0.3, 0.4) is 0 Å². The number of likely N-dealkylation sites (tertiary alicyclic amines) is 1. The first kappa shape index (κ1) is 30.7. The summed E-state index contributed by atoms with van der Waals surface area (Å²) in [4.78, 5) is 17.2. The number of nitrogens with zero attached hydrogens (tertiary/aromatic N) is 3. The van der Waals surface area contributed by atoms with E-state index in [1.54, 1.807) is 44.3 Å². The molecule has 0 aromatic heterocycles. The SMILES string of the molecule is C=C/C=C(\C=C\O)/C=C1\CCN(C(=C)NC)C1=NC(=N)N(C)CCOC.F.O=C(O)CF. The van der Waals surface area contributed by atoms with Crippen molar-refractivity contribution < 1.29 is 28.8 Å². The number of carboxylic acid groups (broad SMARTS) is 1. The van der Waals surface area contributed by atoms with E-state index in [0.717, 1.165) is 23.8 Å². The predicted molar refractivity (Wildman–Crippen MR) is 123 cm³/mol. The molecule has 0 unspecified atom stereocenters. The molecule has 0 saturated carbocycles. The van der Waals surface area contributed by atoms with Crippen molar-refractivity contribution in [3.05, 3.63) is 60.7 Å². The summed E-state index contributed by atoms with van der Waals surface area (Å²) in [6.07, 6.45) is 8.70. The number of halogens is 2. The number of hydrogen-bond acceptors (Lipinski definition) is 5. The third-order valence-electron chi connectivity index (χ3n) is 4.00. The molecule has 0 atom stereocenters. The van der Waals surface area contributed by atoms with E-state index < -0.39 is 12.6 Å². The van der Waals surface area contributed by atoms with E-state index in [1.807, 2.05) is 11.0 Å². The Bertz CT molecular complexity index is 763. The van der Waals surface area contributed by atoms with Gasteiger partial charge in [0.15, 0.2) is 6.67 Å². The summed E-state index contributed by atoms with van der Waals surface area (Å²) in [5.74, 6) is 0.113. The van der Waals surface area contributed by atoms with Crippen molar-refractivity contribution in [1.82, 2.24) is 15.1 Å². The third-order valence-corrected chi connectivity index (χ3v) is 4.00. The number of likely N-dealkylation sites (N-methyl/N-ethyl adjacent to an activating group) is 1. The van der Waals surface area contributed by atoms with Crippen molar-refractivity contribution >= 4 is 17.8 Å². The first-order valence-corrected chi connectivity index (χ1v) is 9.39. The number of aliphatic hydroxyl groups excluding tert-OH is 1. The first-order valence-electron chi connectivity index (χ1n) is 9.39. The van der Waals surface area contributed by atoms with Gasteiger partial charge in [0.25, 0.3) is 0 Å². The smallest absolute Gasteiger partial charge is 0.335 e. The second-order valence-corrected chi connectivity index (χ2v) is 6.19. The molecule has 0 aromatic rings. The zero-order chi connectivity index (χ0) is 23.8. The predicted octanol–water partition coefficient (Wildman–Crippen LogP) is 2.60. The fourth-order valence-electron chi connectivity index (χ4n) is 2.38. The lowest BCUT2D eigenvalue weighted by Crippen LogP contribution is -2.34. The Morgan fingerprint density at radius 1 is 1.50 bits per heavy atom. The fourth-order valence-corrected chi connectivity index (χ4v) is 2.38. The number of alkyl halides is 1. The lowest BCUT2D eigenvalue weighted by Gasteiger charge is -2.23. The van der Waals surface area contributed by atoms with E-state index in [9.17, 15) is 4.39 Å². The average molecular weight is 458 g/mol. The first-order chi connectivity index (χ1) is 14.7. The average Bonchev–Trinajstić information content (AvgIpc) is 3.14. The van der Waals surface area contributed by atoms with Crippen LogP contribution >= 0.6 is 0 Å². The van der Waals surface area contributed by atoms with Crippen LogP contribution in [0.2, 0.25) is 0 Å². The zero-order valence-electron chi connectivity index (χ0n) is 18.7. The Balaban J connectivity index is 0. The lowest BCUT2D eigenvalue weighted by molar-refractivity contribution is -0.137. The van der Waals surface area contributed by atoms with Gasteiger partial charge in [-0.25, -0.2) is 9.18 Å². The van der Waals surface area contributed by atoms with Gasteiger partial charge in [0.05, 0.1) is 18.7 Å². The van der Waals surface area contributed by atoms with Crippen molar-refractivity contribution in [2.45, 2.75) is 6.42 Å². The molecule has 180 valence electrons. The van der Waals surface area contributed by atoms with Crippen molar-refractivity contribution in [3.63, 3.8) is 0 Å². The number of aliphatic imine (C=N–C) groups is 1. The van der Waals surface area contributed by atoms with Crippen molar-refractivity contribution in [2.75, 3.05) is 47.6 Å². The number of guanidine groups is 1. The van der Waals surface area contributed by atoms with E-state index in [1.165, 1.54) is 0 Å². The maximum Gasteiger partial charge on any atom is 0.335 e. The second-order valence-electron chi connectivity index (χ2n) is 6.19. The Labute approximate surface area is 187 Å². The van der Waals surface area contributed by atoms with E-state index in [-0.39, 0.29) is 10.7 Å². The maximum atomic E-state index is 10.5. The molecule has 0 aromatic carbocycles. The molecular weight excluding hydrogens is 424 g/mol. The number of allylic oxidation sites excluding steroid dienone is 5. The van der Waals surface area contributed by atoms with Crippen molar-refractivity contribution in [1.29, 1.82) is 5.41 Å². The molecule has 0 amide bonds. The van der Waals surface area contributed by atoms with Gasteiger partial charge >= 0.3 is 5.97 Å². The van der Waals surface area contributed by atoms with Gasteiger partial charge in [-0.05, 0) is 29.7 Å². The van der Waals surface area contributed by atoms with Crippen molar-refractivity contribution in [2.24, 2.45) is 4.99 Å². The van der Waals surface area contributed by atoms with Gasteiger partial charge < -0.3 is 30.1 Å². The standard InChI is InChI=1S/C19H29N5O2.C2H3FO2.FH/c1-6-7-16(9-12-25)14-17-8-10-24(15(2)21-3)18(17)22-19(20)23(4)11-13-26-5;3-1-2(4)5;/h6-7,9,12,14,20-21,25H,1-2,8,10-11,13H2,3-5H3;1H2,(H,4,5);1H/b12-9+,16-7+,17-14+,20-19?,22-18?;;. The number of nitrogens with one attached hydrogen (secondary N) is 2. The van der Waals surface area contributed by atoms with Crippen LogP contribution < -0.4 is 5.32 Å². The molecule has 0 spiro atoms. The third kappa shape index (κ3) is 11.1. The van der Waals surface area contributed by atoms with Gasteiger partial charge in [0, 0.05) is 34.3 Å². The van der Waals surface area contributed by atoms with Gasteiger partial charge in [-0.3, -0.25) is 10.1 Å². The van der Waals surface area contributed by atoms with Gasteiger partial charge in [-0.1, -0.05) is 25.3 Å². The molecule has 1 aliphatic rings. The highest BCUT2D eigenvalue weighted by atomic mass is 19.1. The number of aliphatic carboxylic acids is 1. The molecule has 0 bridgehead atoms. The quantitative estimate of drug-likeness (QED) is 0.182. The van der Waals surface area contributed by atoms with E-state index in [0.29, 0.717) is 31.4 Å². The Morgan fingerprint density at radius 3 is 2.59 bits per heavy atom. The summed E-state index contributed by atoms with van der Waals surface area (Å²) in [6.45, 7) is 8.24. The van der Waals surface area contributed by atoms with Crippen LogP contribution in [0.5, 0.6) is 0 Å². The van der Waals surface area contributed by atoms with E-state index >= 15 is 0 Å². The molecule has 32 heavy (non-hydrogen) atoms. The number of hydrogen-bond donors (Lipinski definition) is 4. The number of methoxy groups -OCH3 is 1. The molecule has 1 fully saturated rings. The van der Waals surface area contributed by atoms with Crippen LogP contribution in [-0.4, -0.2) is 85.4 Å². The zero-order valence-corrected chi connectivity index (χ0v) is 18.7. The minimum absolute atomic E-state index is 0. The summed E-state index contributed by atoms with van der Waals surface area (Å²) in [5.41, 5.74) is 1.75. The molecule has 1 rings (SSSR count). The van der Waals surface area contributed by atoms with Gasteiger partial charge in [-0.2, -0.15) is 4.99 Å². The molecular formula is C21H33F2N5O4. The topological polar surface area (TPSA) is 121 Å². The molecule has 9 nitrogen and oxygen atoms in total. The van der Waals surface area contributed by atoms with Crippen molar-refractivity contribution in [3.8, 4) is 0 Å². The second kappa shape index (κ2) is 17.2. The maximum absolute atomic E-state index is 10.5. The summed E-state index contributed by atoms with van der Waals surface area (Å²) < 4.78 is 15.6. The van der Waals surface area contributed by atoms with Gasteiger partial charge in [0.2, 0.25) is 5.96 Å². The molecule has 1 heterocycles. The Kier molecular flexibility index (Phi) is 16.5. The molecule has 1 aliphatic heterocycles. The number of carbonyl (C=O) groups is 1. The van der Waals surface area contributed by atoms with Crippen LogP contribution in [0.15, 0.2) is 65.7 Å². The number of rotatable bonds is 9. The van der Waals surface area contributed by atoms with Crippen LogP contribution in [0.1, 0.15) is 6.42 Å². The monoisotopic (exact) mass is 457 g/mol.